The van der Waals surface area contributed by atoms with E-state index in [0.29, 0.717) is 0 Å². The summed E-state index contributed by atoms with van der Waals surface area (Å²) >= 11 is 1.80. The van der Waals surface area contributed by atoms with Gasteiger partial charge in [0.05, 0.1) is 11.0 Å². The van der Waals surface area contributed by atoms with Crippen LogP contribution in [0.3, 0.4) is 0 Å². The second-order valence-electron chi connectivity index (χ2n) is 6.80. The largest absolute Gasteiger partial charge is 0.294 e. The molecule has 6 rings (SSSR count). The molecule has 0 aliphatic rings. The summed E-state index contributed by atoms with van der Waals surface area (Å²) < 4.78 is 3.60. The quantitative estimate of drug-likeness (QED) is 0.347. The molecule has 28 heavy (non-hydrogen) atoms. The summed E-state index contributed by atoms with van der Waals surface area (Å²) in [6.07, 6.45) is 5.56. The smallest absolute Gasteiger partial charge is 0.138 e. The second-order valence-corrected chi connectivity index (χ2v) is 7.71. The Bertz CT molecular complexity index is 1460. The van der Waals surface area contributed by atoms with Crippen LogP contribution in [0.15, 0.2) is 90.7 Å². The van der Waals surface area contributed by atoms with E-state index < -0.39 is 0 Å². The number of benzene rings is 2. The lowest BCUT2D eigenvalue weighted by Crippen LogP contribution is -1.97. The van der Waals surface area contributed by atoms with Crippen LogP contribution in [0.1, 0.15) is 0 Å². The summed E-state index contributed by atoms with van der Waals surface area (Å²) in [5.41, 5.74) is 4.56. The molecule has 0 saturated heterocycles. The van der Waals surface area contributed by atoms with Gasteiger partial charge in [-0.15, -0.1) is 11.3 Å². The monoisotopic (exact) mass is 377 g/mol. The van der Waals surface area contributed by atoms with Crippen molar-refractivity contribution in [2.75, 3.05) is 0 Å². The highest BCUT2D eigenvalue weighted by molar-refractivity contribution is 7.18. The molecular weight excluding hydrogens is 362 g/mol. The fourth-order valence-corrected chi connectivity index (χ4v) is 4.93. The standard InChI is InChI=1S/C24H15N3S/c1-2-6-20-19(5-1)23-21(8-7-16-10-13-28-24(16)23)27(20)22-14-17(9-12-26-22)18-4-3-11-25-15-18/h1-15H. The van der Waals surface area contributed by atoms with Gasteiger partial charge in [-0.25, -0.2) is 4.98 Å². The molecule has 0 bridgehead atoms. The number of para-hydroxylation sites is 1. The van der Waals surface area contributed by atoms with E-state index in [1.807, 2.05) is 24.5 Å². The van der Waals surface area contributed by atoms with Gasteiger partial charge in [0.15, 0.2) is 0 Å². The average Bonchev–Trinajstić information content (AvgIpc) is 3.36. The highest BCUT2D eigenvalue weighted by Crippen LogP contribution is 2.38. The number of pyridine rings is 2. The van der Waals surface area contributed by atoms with Gasteiger partial charge < -0.3 is 0 Å². The lowest BCUT2D eigenvalue weighted by Gasteiger charge is -2.09. The Morgan fingerprint density at radius 1 is 0.786 bits per heavy atom. The zero-order valence-corrected chi connectivity index (χ0v) is 15.7. The molecule has 0 fully saturated rings. The van der Waals surface area contributed by atoms with Gasteiger partial charge in [-0.3, -0.25) is 9.55 Å². The molecule has 4 heterocycles. The van der Waals surface area contributed by atoms with E-state index in [-0.39, 0.29) is 0 Å². The van der Waals surface area contributed by atoms with E-state index in [1.165, 1.54) is 31.9 Å². The maximum absolute atomic E-state index is 4.72. The number of hydrogen-bond donors (Lipinski definition) is 0. The Kier molecular flexibility index (Phi) is 3.34. The third-order valence-corrected chi connectivity index (χ3v) is 6.17. The van der Waals surface area contributed by atoms with Crippen LogP contribution in [-0.2, 0) is 0 Å². The molecular formula is C24H15N3S. The van der Waals surface area contributed by atoms with Gasteiger partial charge in [-0.05, 0) is 52.7 Å². The van der Waals surface area contributed by atoms with Gasteiger partial charge in [-0.1, -0.05) is 30.3 Å². The van der Waals surface area contributed by atoms with E-state index in [0.717, 1.165) is 16.9 Å². The number of thiophene rings is 1. The molecule has 0 unspecified atom stereocenters. The Hall–Kier alpha value is -3.50. The predicted molar refractivity (Wildman–Crippen MR) is 117 cm³/mol. The van der Waals surface area contributed by atoms with Crippen LogP contribution in [0, 0.1) is 0 Å². The minimum absolute atomic E-state index is 0.920. The molecule has 0 aliphatic carbocycles. The van der Waals surface area contributed by atoms with Crippen molar-refractivity contribution in [2.24, 2.45) is 0 Å². The van der Waals surface area contributed by atoms with Crippen molar-refractivity contribution in [1.82, 2.24) is 14.5 Å². The Balaban J connectivity index is 1.71. The number of fused-ring (bicyclic) bond motifs is 5. The number of rotatable bonds is 2. The van der Waals surface area contributed by atoms with Gasteiger partial charge >= 0.3 is 0 Å². The van der Waals surface area contributed by atoms with Gasteiger partial charge in [0, 0.05) is 39.6 Å². The predicted octanol–water partition coefficient (Wildman–Crippen LogP) is 6.46. The third kappa shape index (κ3) is 2.22. The topological polar surface area (TPSA) is 30.7 Å². The molecule has 4 aromatic heterocycles. The average molecular weight is 377 g/mol. The summed E-state index contributed by atoms with van der Waals surface area (Å²) in [6, 6.07) is 23.4. The Labute approximate surface area is 165 Å². The lowest BCUT2D eigenvalue weighted by atomic mass is 10.1. The van der Waals surface area contributed by atoms with Gasteiger partial charge in [0.1, 0.15) is 5.82 Å². The molecule has 0 radical (unpaired) electrons. The van der Waals surface area contributed by atoms with Crippen LogP contribution in [0.5, 0.6) is 0 Å². The molecule has 0 atom stereocenters. The van der Waals surface area contributed by atoms with Crippen LogP contribution in [-0.4, -0.2) is 14.5 Å². The molecule has 0 aliphatic heterocycles. The number of hydrogen-bond acceptors (Lipinski definition) is 3. The first-order valence-corrected chi connectivity index (χ1v) is 10.0. The maximum Gasteiger partial charge on any atom is 0.138 e. The van der Waals surface area contributed by atoms with Crippen molar-refractivity contribution in [3.8, 4) is 16.9 Å². The van der Waals surface area contributed by atoms with Crippen LogP contribution < -0.4 is 0 Å². The molecule has 0 saturated carbocycles. The Morgan fingerprint density at radius 3 is 2.68 bits per heavy atom. The molecule has 0 N–H and O–H groups in total. The molecule has 0 spiro atoms. The number of aromatic nitrogens is 3. The first-order valence-electron chi connectivity index (χ1n) is 9.16. The highest BCUT2D eigenvalue weighted by atomic mass is 32.1. The zero-order valence-electron chi connectivity index (χ0n) is 14.9. The molecule has 0 amide bonds. The minimum atomic E-state index is 0.920. The van der Waals surface area contributed by atoms with Gasteiger partial charge in [0.25, 0.3) is 0 Å². The number of nitrogens with zero attached hydrogens (tertiary/aromatic N) is 3. The van der Waals surface area contributed by atoms with E-state index in [2.05, 4.69) is 69.5 Å². The van der Waals surface area contributed by atoms with Gasteiger partial charge in [-0.2, -0.15) is 0 Å². The third-order valence-electron chi connectivity index (χ3n) is 5.22. The summed E-state index contributed by atoms with van der Waals surface area (Å²) in [4.78, 5) is 8.98. The van der Waals surface area contributed by atoms with E-state index >= 15 is 0 Å². The van der Waals surface area contributed by atoms with Gasteiger partial charge in [0.2, 0.25) is 0 Å². The fourth-order valence-electron chi connectivity index (χ4n) is 3.98. The van der Waals surface area contributed by atoms with E-state index in [9.17, 15) is 0 Å². The van der Waals surface area contributed by atoms with Crippen molar-refractivity contribution in [3.05, 3.63) is 90.7 Å². The van der Waals surface area contributed by atoms with Crippen LogP contribution in [0.4, 0.5) is 0 Å². The molecule has 132 valence electrons. The molecule has 3 nitrogen and oxygen atoms in total. The summed E-state index contributed by atoms with van der Waals surface area (Å²) in [7, 11) is 0. The zero-order chi connectivity index (χ0) is 18.5. The summed E-state index contributed by atoms with van der Waals surface area (Å²) in [6.45, 7) is 0. The normalized spacial score (nSPS) is 11.6. The SMILES string of the molecule is c1cncc(-c2ccnc(-n3c4ccccc4c4c5sccc5ccc43)c2)c1. The van der Waals surface area contributed by atoms with Crippen molar-refractivity contribution in [3.63, 3.8) is 0 Å². The van der Waals surface area contributed by atoms with E-state index in [4.69, 9.17) is 4.98 Å². The van der Waals surface area contributed by atoms with Crippen molar-refractivity contribution in [2.45, 2.75) is 0 Å². The Morgan fingerprint density at radius 2 is 1.75 bits per heavy atom. The van der Waals surface area contributed by atoms with Crippen LogP contribution in [0.25, 0.3) is 48.8 Å². The van der Waals surface area contributed by atoms with Crippen LogP contribution >= 0.6 is 11.3 Å². The van der Waals surface area contributed by atoms with E-state index in [1.54, 1.807) is 17.5 Å². The first-order chi connectivity index (χ1) is 13.9. The molecule has 2 aromatic carbocycles. The highest BCUT2D eigenvalue weighted by Gasteiger charge is 2.16. The summed E-state index contributed by atoms with van der Waals surface area (Å²) in [5.74, 6) is 0.920. The van der Waals surface area contributed by atoms with Crippen molar-refractivity contribution >= 4 is 43.2 Å². The fraction of sp³-hybridized carbons (Fsp3) is 0. The van der Waals surface area contributed by atoms with Crippen molar-refractivity contribution in [1.29, 1.82) is 0 Å². The first kappa shape index (κ1) is 15.5. The lowest BCUT2D eigenvalue weighted by molar-refractivity contribution is 1.08. The summed E-state index contributed by atoms with van der Waals surface area (Å²) in [5, 5.41) is 6.02. The molecule has 4 heteroatoms. The van der Waals surface area contributed by atoms with Crippen LogP contribution in [0.2, 0.25) is 0 Å². The maximum atomic E-state index is 4.72. The molecule has 6 aromatic rings. The second kappa shape index (κ2) is 6.01. The minimum Gasteiger partial charge on any atom is -0.294 e. The van der Waals surface area contributed by atoms with Crippen molar-refractivity contribution < 1.29 is 0 Å².